The van der Waals surface area contributed by atoms with Crippen LogP contribution in [0, 0.1) is 11.8 Å². The van der Waals surface area contributed by atoms with Gasteiger partial charge in [-0.1, -0.05) is 32.4 Å². The van der Waals surface area contributed by atoms with E-state index < -0.39 is 11.6 Å². The number of allylic oxidation sites excluding steroid dienone is 2. The first-order valence-electron chi connectivity index (χ1n) is 7.91. The summed E-state index contributed by atoms with van der Waals surface area (Å²) in [6.45, 7) is 9.48. The Labute approximate surface area is 128 Å². The third-order valence-electron chi connectivity index (χ3n) is 3.75. The molecule has 0 aliphatic heterocycles. The Morgan fingerprint density at radius 3 is 2.52 bits per heavy atom. The van der Waals surface area contributed by atoms with Crippen LogP contribution in [0.15, 0.2) is 12.2 Å². The van der Waals surface area contributed by atoms with E-state index in [4.69, 9.17) is 4.74 Å². The minimum absolute atomic E-state index is 0.0583. The largest absolute Gasteiger partial charge is 0.458 e. The molecule has 0 aromatic rings. The Morgan fingerprint density at radius 2 is 2.05 bits per heavy atom. The van der Waals surface area contributed by atoms with Crippen molar-refractivity contribution < 1.29 is 14.3 Å². The van der Waals surface area contributed by atoms with E-state index in [-0.39, 0.29) is 17.8 Å². The molecule has 0 fully saturated rings. The number of carbonyl (C=O) groups is 2. The van der Waals surface area contributed by atoms with Crippen LogP contribution in [0.2, 0.25) is 0 Å². The number of carbonyl (C=O) groups excluding carboxylic acids is 2. The number of rotatable bonds is 6. The maximum Gasteiger partial charge on any atom is 0.329 e. The molecule has 0 aromatic heterocycles. The van der Waals surface area contributed by atoms with Crippen LogP contribution in [0.4, 0.5) is 0 Å². The van der Waals surface area contributed by atoms with Crippen LogP contribution in [0.5, 0.6) is 0 Å². The lowest BCUT2D eigenvalue weighted by molar-refractivity contribution is -0.160. The highest BCUT2D eigenvalue weighted by atomic mass is 16.6. The average Bonchev–Trinajstić information content (AvgIpc) is 2.85. The smallest absolute Gasteiger partial charge is 0.329 e. The van der Waals surface area contributed by atoms with Crippen molar-refractivity contribution in [2.24, 2.45) is 11.8 Å². The number of hydrogen-bond donors (Lipinski definition) is 1. The first kappa shape index (κ1) is 17.7. The Kier molecular flexibility index (Phi) is 6.43. The summed E-state index contributed by atoms with van der Waals surface area (Å²) in [5.74, 6) is -0.0426. The van der Waals surface area contributed by atoms with Gasteiger partial charge in [-0.05, 0) is 45.4 Å². The van der Waals surface area contributed by atoms with Crippen molar-refractivity contribution in [2.45, 2.75) is 71.9 Å². The van der Waals surface area contributed by atoms with Gasteiger partial charge in [0.25, 0.3) is 0 Å². The van der Waals surface area contributed by atoms with Gasteiger partial charge in [-0.2, -0.15) is 0 Å². The fourth-order valence-electron chi connectivity index (χ4n) is 2.37. The lowest BCUT2D eigenvalue weighted by Gasteiger charge is -2.27. The first-order valence-corrected chi connectivity index (χ1v) is 7.91. The molecular weight excluding hydrogens is 266 g/mol. The van der Waals surface area contributed by atoms with Crippen molar-refractivity contribution in [3.8, 4) is 0 Å². The van der Waals surface area contributed by atoms with E-state index in [2.05, 4.69) is 17.5 Å². The molecule has 1 N–H and O–H groups in total. The van der Waals surface area contributed by atoms with Crippen LogP contribution in [0.3, 0.4) is 0 Å². The van der Waals surface area contributed by atoms with Crippen molar-refractivity contribution in [1.82, 2.24) is 5.32 Å². The van der Waals surface area contributed by atoms with E-state index in [0.717, 1.165) is 19.3 Å². The molecule has 0 saturated heterocycles. The fraction of sp³-hybridized carbons (Fsp3) is 0.765. The van der Waals surface area contributed by atoms with E-state index in [0.29, 0.717) is 12.3 Å². The van der Waals surface area contributed by atoms with Crippen molar-refractivity contribution in [3.05, 3.63) is 12.2 Å². The van der Waals surface area contributed by atoms with E-state index in [1.165, 1.54) is 0 Å². The van der Waals surface area contributed by atoms with Gasteiger partial charge < -0.3 is 10.1 Å². The molecule has 4 heteroatoms. The van der Waals surface area contributed by atoms with Gasteiger partial charge in [0.2, 0.25) is 5.91 Å². The summed E-state index contributed by atoms with van der Waals surface area (Å²) in [7, 11) is 0. The van der Waals surface area contributed by atoms with E-state index in [1.807, 2.05) is 34.6 Å². The van der Waals surface area contributed by atoms with Gasteiger partial charge in [-0.15, -0.1) is 0 Å². The van der Waals surface area contributed by atoms with Crippen LogP contribution in [0.1, 0.15) is 60.3 Å². The highest BCUT2D eigenvalue weighted by Gasteiger charge is 2.30. The van der Waals surface area contributed by atoms with Gasteiger partial charge >= 0.3 is 5.97 Å². The monoisotopic (exact) mass is 295 g/mol. The molecule has 1 unspecified atom stereocenters. The summed E-state index contributed by atoms with van der Waals surface area (Å²) < 4.78 is 5.43. The van der Waals surface area contributed by atoms with Gasteiger partial charge in [0, 0.05) is 6.42 Å². The van der Waals surface area contributed by atoms with Crippen LogP contribution in [-0.4, -0.2) is 23.5 Å². The van der Waals surface area contributed by atoms with Crippen molar-refractivity contribution >= 4 is 11.9 Å². The number of ether oxygens (including phenoxy) is 1. The van der Waals surface area contributed by atoms with Gasteiger partial charge in [0.05, 0.1) is 0 Å². The third kappa shape index (κ3) is 6.32. The van der Waals surface area contributed by atoms with E-state index in [1.54, 1.807) is 0 Å². The van der Waals surface area contributed by atoms with Gasteiger partial charge in [-0.25, -0.2) is 4.79 Å². The summed E-state index contributed by atoms with van der Waals surface area (Å²) in [5.41, 5.74) is -0.540. The number of hydrogen-bond acceptors (Lipinski definition) is 3. The molecule has 0 spiro atoms. The molecule has 1 rings (SSSR count). The van der Waals surface area contributed by atoms with E-state index >= 15 is 0 Å². The molecule has 120 valence electrons. The third-order valence-corrected chi connectivity index (χ3v) is 3.75. The molecule has 21 heavy (non-hydrogen) atoms. The molecule has 0 radical (unpaired) electrons. The second kappa shape index (κ2) is 7.62. The number of esters is 1. The topological polar surface area (TPSA) is 55.4 Å². The van der Waals surface area contributed by atoms with Gasteiger partial charge in [0.1, 0.15) is 11.6 Å². The van der Waals surface area contributed by atoms with Crippen LogP contribution >= 0.6 is 0 Å². The standard InChI is InChI=1S/C17H29NO3/c1-6-12(2)15(16(20)21-17(3,4)5)18-14(19)11-13-9-7-8-10-13/h7,9,12-13,15H,6,8,10-11H2,1-5H3,(H,18,19)/t12-,13?,15-/m0/s1. The van der Waals surface area contributed by atoms with Crippen molar-refractivity contribution in [1.29, 1.82) is 0 Å². The number of amides is 1. The summed E-state index contributed by atoms with van der Waals surface area (Å²) in [5, 5.41) is 2.87. The zero-order chi connectivity index (χ0) is 16.0. The molecule has 0 heterocycles. The van der Waals surface area contributed by atoms with Gasteiger partial charge in [-0.3, -0.25) is 4.79 Å². The minimum Gasteiger partial charge on any atom is -0.458 e. The lowest BCUT2D eigenvalue weighted by Crippen LogP contribution is -2.48. The summed E-state index contributed by atoms with van der Waals surface area (Å²) in [6.07, 6.45) is 7.52. The highest BCUT2D eigenvalue weighted by molar-refractivity contribution is 5.85. The molecule has 0 aromatic carbocycles. The zero-order valence-electron chi connectivity index (χ0n) is 13.9. The second-order valence-electron chi connectivity index (χ2n) is 6.93. The molecule has 4 nitrogen and oxygen atoms in total. The molecule has 3 atom stereocenters. The highest BCUT2D eigenvalue weighted by Crippen LogP contribution is 2.21. The van der Waals surface area contributed by atoms with Crippen molar-refractivity contribution in [2.75, 3.05) is 0 Å². The van der Waals surface area contributed by atoms with Crippen LogP contribution in [-0.2, 0) is 14.3 Å². The summed E-state index contributed by atoms with van der Waals surface area (Å²) in [6, 6.07) is -0.563. The summed E-state index contributed by atoms with van der Waals surface area (Å²) >= 11 is 0. The Morgan fingerprint density at radius 1 is 1.38 bits per heavy atom. The normalized spacial score (nSPS) is 20.9. The first-order chi connectivity index (χ1) is 9.73. The van der Waals surface area contributed by atoms with E-state index in [9.17, 15) is 9.59 Å². The minimum atomic E-state index is -0.563. The molecule has 1 aliphatic carbocycles. The maximum absolute atomic E-state index is 12.3. The molecule has 0 bridgehead atoms. The van der Waals surface area contributed by atoms with Crippen molar-refractivity contribution in [3.63, 3.8) is 0 Å². The molecular formula is C17H29NO3. The molecule has 1 aliphatic rings. The second-order valence-corrected chi connectivity index (χ2v) is 6.93. The fourth-order valence-corrected chi connectivity index (χ4v) is 2.37. The predicted molar refractivity (Wildman–Crippen MR) is 83.7 cm³/mol. The molecule has 1 amide bonds. The van der Waals surface area contributed by atoms with Crippen LogP contribution in [0.25, 0.3) is 0 Å². The average molecular weight is 295 g/mol. The lowest BCUT2D eigenvalue weighted by atomic mass is 9.97. The maximum atomic E-state index is 12.3. The number of nitrogens with one attached hydrogen (secondary N) is 1. The summed E-state index contributed by atoms with van der Waals surface area (Å²) in [4.78, 5) is 24.4. The Bertz CT molecular complexity index is 395. The Balaban J connectivity index is 2.62. The predicted octanol–water partition coefficient (Wildman–Crippen LogP) is 3.22. The van der Waals surface area contributed by atoms with Crippen LogP contribution < -0.4 is 5.32 Å². The molecule has 0 saturated carbocycles. The Hall–Kier alpha value is -1.32. The van der Waals surface area contributed by atoms with Gasteiger partial charge in [0.15, 0.2) is 0 Å². The zero-order valence-corrected chi connectivity index (χ0v) is 13.9. The SMILES string of the molecule is CC[C@H](C)[C@H](NC(=O)CC1C=CCC1)C(=O)OC(C)(C)C. The quantitative estimate of drug-likeness (QED) is 0.604.